The van der Waals surface area contributed by atoms with Crippen LogP contribution in [-0.4, -0.2) is 17.8 Å². The number of ether oxygens (including phenoxy) is 1. The standard InChI is InChI=1S/C12H16O2/c1-2-14-11-8-7-9-5-3-4-6-10(9)12(11)13/h3-6,11-13H,2,7-8H2,1H3. The Morgan fingerprint density at radius 2 is 2.21 bits per heavy atom. The molecule has 0 aliphatic heterocycles. The van der Waals surface area contributed by atoms with E-state index in [1.54, 1.807) is 0 Å². The van der Waals surface area contributed by atoms with E-state index in [9.17, 15) is 5.11 Å². The van der Waals surface area contributed by atoms with Crippen LogP contribution >= 0.6 is 0 Å². The number of hydrogen-bond acceptors (Lipinski definition) is 2. The van der Waals surface area contributed by atoms with Gasteiger partial charge in [0.25, 0.3) is 0 Å². The monoisotopic (exact) mass is 192 g/mol. The Hall–Kier alpha value is -0.860. The summed E-state index contributed by atoms with van der Waals surface area (Å²) in [4.78, 5) is 0. The molecule has 0 bridgehead atoms. The molecule has 0 radical (unpaired) electrons. The molecule has 2 atom stereocenters. The van der Waals surface area contributed by atoms with Gasteiger partial charge >= 0.3 is 0 Å². The molecule has 76 valence electrons. The molecule has 0 spiro atoms. The molecule has 1 N–H and O–H groups in total. The summed E-state index contributed by atoms with van der Waals surface area (Å²) >= 11 is 0. The van der Waals surface area contributed by atoms with E-state index < -0.39 is 6.10 Å². The van der Waals surface area contributed by atoms with Crippen LogP contribution in [0.25, 0.3) is 0 Å². The first-order chi connectivity index (χ1) is 6.83. The molecule has 0 saturated heterocycles. The lowest BCUT2D eigenvalue weighted by molar-refractivity contribution is -0.0435. The van der Waals surface area contributed by atoms with Crippen molar-refractivity contribution in [2.24, 2.45) is 0 Å². The van der Waals surface area contributed by atoms with Crippen LogP contribution in [0.4, 0.5) is 0 Å². The molecule has 2 rings (SSSR count). The van der Waals surface area contributed by atoms with E-state index in [1.165, 1.54) is 5.56 Å². The lowest BCUT2D eigenvalue weighted by Gasteiger charge is -2.29. The molecule has 2 unspecified atom stereocenters. The molecule has 14 heavy (non-hydrogen) atoms. The van der Waals surface area contributed by atoms with Crippen molar-refractivity contribution in [3.8, 4) is 0 Å². The number of aryl methyl sites for hydroxylation is 1. The summed E-state index contributed by atoms with van der Waals surface area (Å²) in [7, 11) is 0. The molecular weight excluding hydrogens is 176 g/mol. The van der Waals surface area contributed by atoms with Gasteiger partial charge in [-0.05, 0) is 30.9 Å². The Labute approximate surface area is 84.5 Å². The van der Waals surface area contributed by atoms with E-state index in [1.807, 2.05) is 25.1 Å². The lowest BCUT2D eigenvalue weighted by Crippen LogP contribution is -2.27. The van der Waals surface area contributed by atoms with Gasteiger partial charge in [0.05, 0.1) is 6.10 Å². The molecule has 1 aliphatic rings. The minimum Gasteiger partial charge on any atom is -0.386 e. The van der Waals surface area contributed by atoms with Crippen molar-refractivity contribution >= 4 is 0 Å². The van der Waals surface area contributed by atoms with E-state index in [4.69, 9.17) is 4.74 Å². The molecule has 1 aromatic carbocycles. The average Bonchev–Trinajstić information content (AvgIpc) is 2.23. The highest BCUT2D eigenvalue weighted by atomic mass is 16.5. The topological polar surface area (TPSA) is 29.5 Å². The van der Waals surface area contributed by atoms with Crippen LogP contribution in [0, 0.1) is 0 Å². The summed E-state index contributed by atoms with van der Waals surface area (Å²) in [6.07, 6.45) is 1.47. The van der Waals surface area contributed by atoms with Crippen molar-refractivity contribution < 1.29 is 9.84 Å². The van der Waals surface area contributed by atoms with Crippen LogP contribution in [-0.2, 0) is 11.2 Å². The predicted octanol–water partition coefficient (Wildman–Crippen LogP) is 2.07. The number of aliphatic hydroxyl groups is 1. The van der Waals surface area contributed by atoms with Crippen LogP contribution in [0.3, 0.4) is 0 Å². The summed E-state index contributed by atoms with van der Waals surface area (Å²) in [6, 6.07) is 8.06. The molecule has 2 heteroatoms. The van der Waals surface area contributed by atoms with E-state index in [0.717, 1.165) is 18.4 Å². The highest BCUT2D eigenvalue weighted by Gasteiger charge is 2.27. The van der Waals surface area contributed by atoms with E-state index >= 15 is 0 Å². The van der Waals surface area contributed by atoms with Crippen molar-refractivity contribution in [2.75, 3.05) is 6.61 Å². The highest BCUT2D eigenvalue weighted by Crippen LogP contribution is 2.31. The number of rotatable bonds is 2. The maximum Gasteiger partial charge on any atom is 0.105 e. The largest absolute Gasteiger partial charge is 0.386 e. The summed E-state index contributed by atoms with van der Waals surface area (Å²) in [6.45, 7) is 2.64. The minimum absolute atomic E-state index is 0.0186. The number of benzene rings is 1. The molecule has 0 amide bonds. The predicted molar refractivity (Wildman–Crippen MR) is 55.1 cm³/mol. The van der Waals surface area contributed by atoms with Crippen molar-refractivity contribution in [2.45, 2.75) is 32.0 Å². The van der Waals surface area contributed by atoms with Crippen LogP contribution in [0.2, 0.25) is 0 Å². The quantitative estimate of drug-likeness (QED) is 0.777. The van der Waals surface area contributed by atoms with Gasteiger partial charge in [-0.3, -0.25) is 0 Å². The zero-order chi connectivity index (χ0) is 9.97. The van der Waals surface area contributed by atoms with Crippen molar-refractivity contribution in [1.82, 2.24) is 0 Å². The normalized spacial score (nSPS) is 25.9. The van der Waals surface area contributed by atoms with E-state index in [2.05, 4.69) is 6.07 Å². The third-order valence-electron chi connectivity index (χ3n) is 2.80. The SMILES string of the molecule is CCOC1CCc2ccccc2C1O. The van der Waals surface area contributed by atoms with Gasteiger partial charge in [-0.2, -0.15) is 0 Å². The Morgan fingerprint density at radius 1 is 1.43 bits per heavy atom. The number of hydrogen-bond donors (Lipinski definition) is 1. The molecule has 0 saturated carbocycles. The second-order valence-electron chi connectivity index (χ2n) is 3.68. The van der Waals surface area contributed by atoms with Gasteiger partial charge in [0.2, 0.25) is 0 Å². The molecule has 2 nitrogen and oxygen atoms in total. The average molecular weight is 192 g/mol. The molecule has 1 aromatic rings. The van der Waals surface area contributed by atoms with Gasteiger partial charge in [-0.15, -0.1) is 0 Å². The van der Waals surface area contributed by atoms with Crippen LogP contribution in [0.5, 0.6) is 0 Å². The first kappa shape index (κ1) is 9.69. The zero-order valence-electron chi connectivity index (χ0n) is 8.44. The van der Waals surface area contributed by atoms with Crippen LogP contribution in [0.15, 0.2) is 24.3 Å². The van der Waals surface area contributed by atoms with Gasteiger partial charge in [0.15, 0.2) is 0 Å². The fourth-order valence-electron chi connectivity index (χ4n) is 2.09. The molecule has 0 aromatic heterocycles. The Kier molecular flexibility index (Phi) is 2.85. The lowest BCUT2D eigenvalue weighted by atomic mass is 9.87. The second-order valence-corrected chi connectivity index (χ2v) is 3.68. The molecule has 0 fully saturated rings. The maximum atomic E-state index is 10.0. The Bertz CT molecular complexity index is 309. The third-order valence-corrected chi connectivity index (χ3v) is 2.80. The van der Waals surface area contributed by atoms with Crippen LogP contribution < -0.4 is 0 Å². The smallest absolute Gasteiger partial charge is 0.105 e. The van der Waals surface area contributed by atoms with Gasteiger partial charge in [-0.25, -0.2) is 0 Å². The Balaban J connectivity index is 2.22. The van der Waals surface area contributed by atoms with E-state index in [-0.39, 0.29) is 6.10 Å². The first-order valence-corrected chi connectivity index (χ1v) is 5.20. The van der Waals surface area contributed by atoms with E-state index in [0.29, 0.717) is 6.61 Å². The summed E-state index contributed by atoms with van der Waals surface area (Å²) < 4.78 is 5.50. The summed E-state index contributed by atoms with van der Waals surface area (Å²) in [5, 5.41) is 10.0. The fourth-order valence-corrected chi connectivity index (χ4v) is 2.09. The molecular formula is C12H16O2. The van der Waals surface area contributed by atoms with Gasteiger partial charge in [0.1, 0.15) is 6.10 Å². The van der Waals surface area contributed by atoms with Crippen LogP contribution in [0.1, 0.15) is 30.6 Å². The maximum absolute atomic E-state index is 10.0. The first-order valence-electron chi connectivity index (χ1n) is 5.20. The van der Waals surface area contributed by atoms with Gasteiger partial charge in [-0.1, -0.05) is 24.3 Å². The van der Waals surface area contributed by atoms with Crippen molar-refractivity contribution in [1.29, 1.82) is 0 Å². The van der Waals surface area contributed by atoms with Crippen molar-refractivity contribution in [3.63, 3.8) is 0 Å². The number of aliphatic hydroxyl groups excluding tert-OH is 1. The zero-order valence-corrected chi connectivity index (χ0v) is 8.44. The summed E-state index contributed by atoms with van der Waals surface area (Å²) in [5.41, 5.74) is 2.30. The Morgan fingerprint density at radius 3 is 3.00 bits per heavy atom. The molecule has 0 heterocycles. The third kappa shape index (κ3) is 1.68. The second kappa shape index (κ2) is 4.11. The van der Waals surface area contributed by atoms with Gasteiger partial charge < -0.3 is 9.84 Å². The highest BCUT2D eigenvalue weighted by molar-refractivity contribution is 5.32. The molecule has 1 aliphatic carbocycles. The summed E-state index contributed by atoms with van der Waals surface area (Å²) in [5.74, 6) is 0. The minimum atomic E-state index is -0.445. The fraction of sp³-hybridized carbons (Fsp3) is 0.500. The number of fused-ring (bicyclic) bond motifs is 1. The van der Waals surface area contributed by atoms with Gasteiger partial charge in [0, 0.05) is 6.61 Å². The van der Waals surface area contributed by atoms with Crippen molar-refractivity contribution in [3.05, 3.63) is 35.4 Å².